The van der Waals surface area contributed by atoms with Crippen LogP contribution in [0.5, 0.6) is 5.75 Å². The number of benzene rings is 2. The summed E-state index contributed by atoms with van der Waals surface area (Å²) in [5, 5.41) is 0. The van der Waals surface area contributed by atoms with E-state index in [-0.39, 0.29) is 23.4 Å². The number of carbonyl (C=O) groups excluding carboxylic acids is 2. The number of ether oxygens (including phenoxy) is 1. The summed E-state index contributed by atoms with van der Waals surface area (Å²) in [6.07, 6.45) is 1.67. The smallest absolute Gasteiger partial charge is 0.261 e. The molecular formula is C20H20FNO3S. The molecule has 0 fully saturated rings. The van der Waals surface area contributed by atoms with Gasteiger partial charge >= 0.3 is 0 Å². The van der Waals surface area contributed by atoms with E-state index in [0.29, 0.717) is 24.3 Å². The lowest BCUT2D eigenvalue weighted by Crippen LogP contribution is -2.30. The van der Waals surface area contributed by atoms with Crippen LogP contribution in [0.3, 0.4) is 0 Å². The van der Waals surface area contributed by atoms with Crippen molar-refractivity contribution in [2.45, 2.75) is 12.8 Å². The number of unbranched alkanes of at least 4 members (excludes halogenated alkanes) is 1. The fourth-order valence-corrected chi connectivity index (χ4v) is 3.60. The van der Waals surface area contributed by atoms with Gasteiger partial charge in [-0.25, -0.2) is 4.39 Å². The highest BCUT2D eigenvalue weighted by Gasteiger charge is 2.34. The number of hydrogen-bond acceptors (Lipinski definition) is 4. The van der Waals surface area contributed by atoms with Gasteiger partial charge in [0.2, 0.25) is 0 Å². The van der Waals surface area contributed by atoms with Crippen molar-refractivity contribution in [3.8, 4) is 5.75 Å². The summed E-state index contributed by atoms with van der Waals surface area (Å²) in [7, 11) is 0. The summed E-state index contributed by atoms with van der Waals surface area (Å²) in [5.41, 5.74) is 0.995. The minimum Gasteiger partial charge on any atom is -0.490 e. The van der Waals surface area contributed by atoms with Gasteiger partial charge in [0.15, 0.2) is 11.6 Å². The predicted molar refractivity (Wildman–Crippen MR) is 100 cm³/mol. The number of carbonyl (C=O) groups is 2. The largest absolute Gasteiger partial charge is 0.490 e. The number of halogens is 1. The highest BCUT2D eigenvalue weighted by molar-refractivity contribution is 7.99. The topological polar surface area (TPSA) is 46.6 Å². The molecule has 0 aromatic heterocycles. The molecule has 0 radical (unpaired) electrons. The van der Waals surface area contributed by atoms with E-state index in [1.807, 2.05) is 0 Å². The van der Waals surface area contributed by atoms with Gasteiger partial charge in [-0.3, -0.25) is 14.5 Å². The summed E-state index contributed by atoms with van der Waals surface area (Å²) in [4.78, 5) is 25.8. The Kier molecular flexibility index (Phi) is 6.28. The quantitative estimate of drug-likeness (QED) is 0.492. The standard InChI is InChI=1S/C20H20FNO3S/c21-17-9-3-4-10-18(17)25-12-14-26-13-6-5-11-22-19(23)15-7-1-2-8-16(15)20(22)24/h1-4,7-10H,5-6,11-14H2. The predicted octanol–water partition coefficient (Wildman–Crippen LogP) is 4.01. The molecule has 4 nitrogen and oxygen atoms in total. The van der Waals surface area contributed by atoms with Crippen LogP contribution < -0.4 is 4.74 Å². The maximum atomic E-state index is 13.4. The third-order valence-electron chi connectivity index (χ3n) is 4.12. The maximum Gasteiger partial charge on any atom is 0.261 e. The fourth-order valence-electron chi connectivity index (χ4n) is 2.79. The van der Waals surface area contributed by atoms with E-state index in [0.717, 1.165) is 24.3 Å². The second-order valence-electron chi connectivity index (χ2n) is 5.91. The molecule has 2 amide bonds. The van der Waals surface area contributed by atoms with E-state index in [9.17, 15) is 14.0 Å². The molecule has 0 bridgehead atoms. The fraction of sp³-hybridized carbons (Fsp3) is 0.300. The van der Waals surface area contributed by atoms with Gasteiger partial charge in [0, 0.05) is 12.3 Å². The van der Waals surface area contributed by atoms with Crippen LogP contribution in [-0.4, -0.2) is 41.4 Å². The summed E-state index contributed by atoms with van der Waals surface area (Å²) >= 11 is 1.71. The molecule has 0 saturated heterocycles. The monoisotopic (exact) mass is 373 g/mol. The zero-order valence-electron chi connectivity index (χ0n) is 14.3. The van der Waals surface area contributed by atoms with Gasteiger partial charge in [-0.05, 0) is 42.9 Å². The van der Waals surface area contributed by atoms with Crippen LogP contribution in [0.4, 0.5) is 4.39 Å². The first kappa shape index (κ1) is 18.5. The normalized spacial score (nSPS) is 13.2. The molecule has 0 saturated carbocycles. The first-order chi connectivity index (χ1) is 12.7. The minimum atomic E-state index is -0.349. The highest BCUT2D eigenvalue weighted by Crippen LogP contribution is 2.23. The zero-order valence-corrected chi connectivity index (χ0v) is 15.1. The molecule has 0 N–H and O–H groups in total. The minimum absolute atomic E-state index is 0.198. The van der Waals surface area contributed by atoms with E-state index < -0.39 is 0 Å². The van der Waals surface area contributed by atoms with E-state index in [1.165, 1.54) is 11.0 Å². The second-order valence-corrected chi connectivity index (χ2v) is 7.13. The first-order valence-corrected chi connectivity index (χ1v) is 9.74. The van der Waals surface area contributed by atoms with Crippen LogP contribution in [0.1, 0.15) is 33.6 Å². The molecule has 0 aliphatic carbocycles. The average Bonchev–Trinajstić information content (AvgIpc) is 2.90. The number of nitrogens with zero attached hydrogens (tertiary/aromatic N) is 1. The summed E-state index contributed by atoms with van der Waals surface area (Å²) < 4.78 is 18.8. The lowest BCUT2D eigenvalue weighted by Gasteiger charge is -2.13. The molecule has 26 heavy (non-hydrogen) atoms. The molecule has 1 heterocycles. The van der Waals surface area contributed by atoms with E-state index in [2.05, 4.69) is 0 Å². The van der Waals surface area contributed by atoms with Crippen LogP contribution in [0.2, 0.25) is 0 Å². The summed E-state index contributed by atoms with van der Waals surface area (Å²) in [5.74, 6) is 1.20. The highest BCUT2D eigenvalue weighted by atomic mass is 32.2. The lowest BCUT2D eigenvalue weighted by atomic mass is 10.1. The van der Waals surface area contributed by atoms with E-state index in [4.69, 9.17) is 4.74 Å². The van der Waals surface area contributed by atoms with Crippen molar-refractivity contribution in [3.63, 3.8) is 0 Å². The number of rotatable bonds is 9. The van der Waals surface area contributed by atoms with Crippen LogP contribution in [-0.2, 0) is 0 Å². The van der Waals surface area contributed by atoms with Crippen molar-refractivity contribution in [2.75, 3.05) is 24.7 Å². The maximum absolute atomic E-state index is 13.4. The zero-order chi connectivity index (χ0) is 18.4. The number of amides is 2. The van der Waals surface area contributed by atoms with Gasteiger partial charge in [-0.1, -0.05) is 24.3 Å². The Morgan fingerprint density at radius 1 is 0.885 bits per heavy atom. The number of imide groups is 1. The number of thioether (sulfide) groups is 1. The van der Waals surface area contributed by atoms with Crippen molar-refractivity contribution in [2.24, 2.45) is 0 Å². The second kappa shape index (κ2) is 8.85. The van der Waals surface area contributed by atoms with Crippen molar-refractivity contribution in [1.29, 1.82) is 0 Å². The van der Waals surface area contributed by atoms with Gasteiger partial charge in [0.1, 0.15) is 0 Å². The molecule has 1 aliphatic rings. The lowest BCUT2D eigenvalue weighted by molar-refractivity contribution is 0.0652. The molecule has 6 heteroatoms. The van der Waals surface area contributed by atoms with E-state index in [1.54, 1.807) is 54.2 Å². The van der Waals surface area contributed by atoms with Crippen molar-refractivity contribution >= 4 is 23.6 Å². The number of para-hydroxylation sites is 1. The number of hydrogen-bond donors (Lipinski definition) is 0. The molecular weight excluding hydrogens is 353 g/mol. The van der Waals surface area contributed by atoms with Gasteiger partial charge < -0.3 is 4.74 Å². The van der Waals surface area contributed by atoms with Gasteiger partial charge in [0.25, 0.3) is 11.8 Å². The Morgan fingerprint density at radius 2 is 1.54 bits per heavy atom. The Hall–Kier alpha value is -2.34. The molecule has 1 aliphatic heterocycles. The summed E-state index contributed by atoms with van der Waals surface area (Å²) in [6, 6.07) is 13.3. The van der Waals surface area contributed by atoms with E-state index >= 15 is 0 Å². The van der Waals surface area contributed by atoms with Gasteiger partial charge in [0.05, 0.1) is 17.7 Å². The Labute approximate surface area is 156 Å². The molecule has 2 aromatic rings. The Morgan fingerprint density at radius 3 is 2.23 bits per heavy atom. The van der Waals surface area contributed by atoms with Gasteiger partial charge in [-0.2, -0.15) is 11.8 Å². The third-order valence-corrected chi connectivity index (χ3v) is 5.15. The molecule has 0 atom stereocenters. The molecule has 0 spiro atoms. The first-order valence-electron chi connectivity index (χ1n) is 8.59. The van der Waals surface area contributed by atoms with Crippen LogP contribution >= 0.6 is 11.8 Å². The summed E-state index contributed by atoms with van der Waals surface area (Å²) in [6.45, 7) is 0.892. The van der Waals surface area contributed by atoms with Crippen molar-refractivity contribution < 1.29 is 18.7 Å². The average molecular weight is 373 g/mol. The molecule has 2 aromatic carbocycles. The van der Waals surface area contributed by atoms with Crippen LogP contribution in [0.25, 0.3) is 0 Å². The third kappa shape index (κ3) is 4.25. The number of fused-ring (bicyclic) bond motifs is 1. The molecule has 3 rings (SSSR count). The SMILES string of the molecule is O=C1c2ccccc2C(=O)N1CCCCSCCOc1ccccc1F. The Balaban J connectivity index is 1.30. The Bertz CT molecular complexity index is 761. The van der Waals surface area contributed by atoms with Crippen LogP contribution in [0.15, 0.2) is 48.5 Å². The molecule has 136 valence electrons. The van der Waals surface area contributed by atoms with Crippen molar-refractivity contribution in [1.82, 2.24) is 4.90 Å². The molecule has 0 unspecified atom stereocenters. The van der Waals surface area contributed by atoms with Gasteiger partial charge in [-0.15, -0.1) is 0 Å². The van der Waals surface area contributed by atoms with Crippen LogP contribution in [0, 0.1) is 5.82 Å². The van der Waals surface area contributed by atoms with Crippen molar-refractivity contribution in [3.05, 3.63) is 65.5 Å².